The molecule has 1 aromatic carbocycles. The summed E-state index contributed by atoms with van der Waals surface area (Å²) in [5, 5.41) is 17.6. The number of rotatable bonds is 4. The molecule has 0 bridgehead atoms. The number of sulfone groups is 1. The van der Waals surface area contributed by atoms with Crippen LogP contribution in [0.5, 0.6) is 0 Å². The second-order valence-electron chi connectivity index (χ2n) is 5.20. The van der Waals surface area contributed by atoms with Crippen molar-refractivity contribution in [2.24, 2.45) is 5.92 Å². The molecule has 0 N–H and O–H groups in total. The average molecular weight is 303 g/mol. The van der Waals surface area contributed by atoms with Gasteiger partial charge in [-0.1, -0.05) is 0 Å². The van der Waals surface area contributed by atoms with Crippen LogP contribution in [-0.2, 0) is 9.84 Å². The Labute approximate surface area is 125 Å². The van der Waals surface area contributed by atoms with E-state index in [1.54, 1.807) is 0 Å². The zero-order chi connectivity index (χ0) is 15.3. The van der Waals surface area contributed by atoms with Gasteiger partial charge in [0, 0.05) is 12.5 Å². The van der Waals surface area contributed by atoms with Crippen molar-refractivity contribution in [3.05, 3.63) is 29.8 Å². The first-order chi connectivity index (χ1) is 10.0. The zero-order valence-electron chi connectivity index (χ0n) is 11.7. The lowest BCUT2D eigenvalue weighted by molar-refractivity contribution is 0.216. The Morgan fingerprint density at radius 2 is 1.76 bits per heavy atom. The van der Waals surface area contributed by atoms with E-state index in [1.807, 2.05) is 6.07 Å². The van der Waals surface area contributed by atoms with Crippen molar-refractivity contribution in [2.45, 2.75) is 17.7 Å². The summed E-state index contributed by atoms with van der Waals surface area (Å²) in [6, 6.07) is 10.2. The maximum absolute atomic E-state index is 12.2. The van der Waals surface area contributed by atoms with E-state index in [1.165, 1.54) is 24.3 Å². The Kier molecular flexibility index (Phi) is 4.95. The third kappa shape index (κ3) is 4.04. The van der Waals surface area contributed by atoms with E-state index in [-0.39, 0.29) is 16.6 Å². The Morgan fingerprint density at radius 3 is 2.29 bits per heavy atom. The lowest BCUT2D eigenvalue weighted by Gasteiger charge is -2.28. The lowest BCUT2D eigenvalue weighted by Crippen LogP contribution is -2.36. The van der Waals surface area contributed by atoms with Crippen LogP contribution in [0.4, 0.5) is 0 Å². The minimum Gasteiger partial charge on any atom is -0.302 e. The SMILES string of the molecule is N#Cc1ccc(S(=O)(=O)CCN2CCC(C#N)CC2)cc1. The largest absolute Gasteiger partial charge is 0.302 e. The van der Waals surface area contributed by atoms with Crippen molar-refractivity contribution in [3.8, 4) is 12.1 Å². The molecule has 0 saturated carbocycles. The first kappa shape index (κ1) is 15.5. The molecule has 0 unspecified atom stereocenters. The molecule has 21 heavy (non-hydrogen) atoms. The van der Waals surface area contributed by atoms with Crippen molar-refractivity contribution in [2.75, 3.05) is 25.4 Å². The summed E-state index contributed by atoms with van der Waals surface area (Å²) in [6.07, 6.45) is 1.63. The molecule has 0 aromatic heterocycles. The van der Waals surface area contributed by atoms with Crippen LogP contribution in [-0.4, -0.2) is 38.7 Å². The van der Waals surface area contributed by atoms with Gasteiger partial charge in [-0.2, -0.15) is 10.5 Å². The monoisotopic (exact) mass is 303 g/mol. The number of nitrogens with zero attached hydrogens (tertiary/aromatic N) is 3. The average Bonchev–Trinajstić information content (AvgIpc) is 2.53. The quantitative estimate of drug-likeness (QED) is 0.842. The second kappa shape index (κ2) is 6.71. The third-order valence-electron chi connectivity index (χ3n) is 3.79. The van der Waals surface area contributed by atoms with Gasteiger partial charge in [0.25, 0.3) is 0 Å². The summed E-state index contributed by atoms with van der Waals surface area (Å²) in [6.45, 7) is 2.04. The van der Waals surface area contributed by atoms with Gasteiger partial charge < -0.3 is 4.90 Å². The highest BCUT2D eigenvalue weighted by molar-refractivity contribution is 7.91. The van der Waals surface area contributed by atoms with Gasteiger partial charge in [-0.3, -0.25) is 0 Å². The summed E-state index contributed by atoms with van der Waals surface area (Å²) >= 11 is 0. The molecular weight excluding hydrogens is 286 g/mol. The molecule has 1 heterocycles. The van der Waals surface area contributed by atoms with Crippen molar-refractivity contribution < 1.29 is 8.42 Å². The Hall–Kier alpha value is -1.89. The van der Waals surface area contributed by atoms with Gasteiger partial charge in [0.15, 0.2) is 9.84 Å². The molecule has 0 atom stereocenters. The molecule has 0 radical (unpaired) electrons. The maximum atomic E-state index is 12.2. The van der Waals surface area contributed by atoms with Crippen LogP contribution >= 0.6 is 0 Å². The first-order valence-electron chi connectivity index (χ1n) is 6.90. The van der Waals surface area contributed by atoms with Gasteiger partial charge in [-0.15, -0.1) is 0 Å². The molecule has 0 amide bonds. The van der Waals surface area contributed by atoms with Crippen LogP contribution in [0.25, 0.3) is 0 Å². The van der Waals surface area contributed by atoms with Gasteiger partial charge in [0.2, 0.25) is 0 Å². The van der Waals surface area contributed by atoms with Crippen LogP contribution in [0, 0.1) is 28.6 Å². The molecule has 1 aliphatic rings. The Morgan fingerprint density at radius 1 is 1.14 bits per heavy atom. The molecule has 5 nitrogen and oxygen atoms in total. The molecule has 110 valence electrons. The van der Waals surface area contributed by atoms with Crippen LogP contribution < -0.4 is 0 Å². The number of piperidine rings is 1. The number of hydrogen-bond acceptors (Lipinski definition) is 5. The molecule has 1 aromatic rings. The summed E-state index contributed by atoms with van der Waals surface area (Å²) in [4.78, 5) is 2.35. The number of benzene rings is 1. The van der Waals surface area contributed by atoms with Crippen molar-refractivity contribution >= 4 is 9.84 Å². The summed E-state index contributed by atoms with van der Waals surface area (Å²) in [5.41, 5.74) is 0.451. The van der Waals surface area contributed by atoms with Crippen LogP contribution in [0.1, 0.15) is 18.4 Å². The molecular formula is C15H17N3O2S. The normalized spacial score (nSPS) is 17.0. The summed E-state index contributed by atoms with van der Waals surface area (Å²) < 4.78 is 24.5. The van der Waals surface area contributed by atoms with E-state index in [0.717, 1.165) is 25.9 Å². The number of likely N-dealkylation sites (tertiary alicyclic amines) is 1. The predicted molar refractivity (Wildman–Crippen MR) is 78.0 cm³/mol. The van der Waals surface area contributed by atoms with E-state index in [0.29, 0.717) is 12.1 Å². The fraction of sp³-hybridized carbons (Fsp3) is 0.467. The van der Waals surface area contributed by atoms with E-state index in [9.17, 15) is 8.42 Å². The topological polar surface area (TPSA) is 85.0 Å². The lowest BCUT2D eigenvalue weighted by atomic mass is 9.99. The highest BCUT2D eigenvalue weighted by Gasteiger charge is 2.21. The predicted octanol–water partition coefficient (Wildman–Crippen LogP) is 1.57. The van der Waals surface area contributed by atoms with Gasteiger partial charge in [0.05, 0.1) is 28.4 Å². The Balaban J connectivity index is 1.93. The van der Waals surface area contributed by atoms with Crippen molar-refractivity contribution in [3.63, 3.8) is 0 Å². The molecule has 6 heteroatoms. The first-order valence-corrected chi connectivity index (χ1v) is 8.55. The molecule has 1 fully saturated rings. The van der Waals surface area contributed by atoms with Crippen LogP contribution in [0.15, 0.2) is 29.2 Å². The highest BCUT2D eigenvalue weighted by atomic mass is 32.2. The Bertz CT molecular complexity index is 660. The summed E-state index contributed by atoms with van der Waals surface area (Å²) in [7, 11) is -3.32. The molecule has 1 aliphatic heterocycles. The molecule has 0 aliphatic carbocycles. The van der Waals surface area contributed by atoms with E-state index in [4.69, 9.17) is 10.5 Å². The van der Waals surface area contributed by atoms with Gasteiger partial charge in [-0.25, -0.2) is 8.42 Å². The van der Waals surface area contributed by atoms with Gasteiger partial charge >= 0.3 is 0 Å². The minimum atomic E-state index is -3.32. The van der Waals surface area contributed by atoms with Gasteiger partial charge in [-0.05, 0) is 50.2 Å². The number of nitriles is 2. The minimum absolute atomic E-state index is 0.0656. The van der Waals surface area contributed by atoms with E-state index >= 15 is 0 Å². The van der Waals surface area contributed by atoms with Crippen molar-refractivity contribution in [1.82, 2.24) is 4.90 Å². The molecule has 2 rings (SSSR count). The molecule has 1 saturated heterocycles. The fourth-order valence-corrected chi connectivity index (χ4v) is 3.67. The second-order valence-corrected chi connectivity index (χ2v) is 7.31. The fourth-order valence-electron chi connectivity index (χ4n) is 2.39. The highest BCUT2D eigenvalue weighted by Crippen LogP contribution is 2.17. The van der Waals surface area contributed by atoms with Crippen molar-refractivity contribution in [1.29, 1.82) is 10.5 Å². The van der Waals surface area contributed by atoms with E-state index in [2.05, 4.69) is 11.0 Å². The van der Waals surface area contributed by atoms with E-state index < -0.39 is 9.84 Å². The zero-order valence-corrected chi connectivity index (χ0v) is 12.5. The smallest absolute Gasteiger partial charge is 0.179 e. The van der Waals surface area contributed by atoms with Crippen LogP contribution in [0.3, 0.4) is 0 Å². The standard InChI is InChI=1S/C15H17N3O2S/c16-11-13-1-3-15(4-2-13)21(19,20)10-9-18-7-5-14(12-17)6-8-18/h1-4,14H,5-10H2. The summed E-state index contributed by atoms with van der Waals surface area (Å²) in [5.74, 6) is 0.173. The van der Waals surface area contributed by atoms with Crippen LogP contribution in [0.2, 0.25) is 0 Å². The maximum Gasteiger partial charge on any atom is 0.179 e. The molecule has 0 spiro atoms. The third-order valence-corrected chi connectivity index (χ3v) is 5.50. The van der Waals surface area contributed by atoms with Gasteiger partial charge in [0.1, 0.15) is 0 Å². The number of hydrogen-bond donors (Lipinski definition) is 0.